The van der Waals surface area contributed by atoms with E-state index in [0.717, 1.165) is 83.5 Å². The van der Waals surface area contributed by atoms with Crippen LogP contribution in [0.3, 0.4) is 0 Å². The molecule has 0 radical (unpaired) electrons. The van der Waals surface area contributed by atoms with Gasteiger partial charge in [-0.15, -0.1) is 0 Å². The summed E-state index contributed by atoms with van der Waals surface area (Å²) in [7, 11) is 0. The van der Waals surface area contributed by atoms with Crippen LogP contribution >= 0.6 is 0 Å². The Balaban J connectivity index is 1.05. The zero-order chi connectivity index (χ0) is 41.7. The summed E-state index contributed by atoms with van der Waals surface area (Å²) in [5, 5.41) is 10.4. The first-order chi connectivity index (χ1) is 31.2. The average Bonchev–Trinajstić information content (AvgIpc) is 3.36. The molecule has 0 aliphatic rings. The summed E-state index contributed by atoms with van der Waals surface area (Å²) in [5.74, 6) is 0.663. The largest absolute Gasteiger partial charge is 0.310 e. The molecule has 63 heavy (non-hydrogen) atoms. The highest BCUT2D eigenvalue weighted by Crippen LogP contribution is 2.43. The van der Waals surface area contributed by atoms with Crippen LogP contribution in [0.5, 0.6) is 0 Å². The van der Waals surface area contributed by atoms with E-state index in [2.05, 4.69) is 223 Å². The van der Waals surface area contributed by atoms with E-state index in [9.17, 15) is 0 Å². The molecule has 12 aromatic rings. The molecule has 0 bridgehead atoms. The standard InChI is InChI=1S/C59H38N4/c1-3-17-42(18-4-1)54-38-55(43-19-5-2-6-20-43)62-59(61-54)52-24-13-25-53-57(52)56-50-23-12-11-16-41(50)30-35-51(56)58(60-53)44-28-31-47(32-29-44)63(48-33-26-39-14-7-9-21-45(39)36-48)49-34-27-40-15-8-10-22-46(40)37-49/h1-38H. The highest BCUT2D eigenvalue weighted by Gasteiger charge is 2.20. The second-order valence-corrected chi connectivity index (χ2v) is 16.0. The summed E-state index contributed by atoms with van der Waals surface area (Å²) in [6.45, 7) is 0. The Kier molecular flexibility index (Phi) is 8.79. The van der Waals surface area contributed by atoms with E-state index in [1.807, 2.05) is 12.1 Å². The fraction of sp³-hybridized carbons (Fsp3) is 0. The van der Waals surface area contributed by atoms with Crippen molar-refractivity contribution in [3.63, 3.8) is 0 Å². The summed E-state index contributed by atoms with van der Waals surface area (Å²) in [4.78, 5) is 18.4. The van der Waals surface area contributed by atoms with E-state index in [-0.39, 0.29) is 0 Å². The Morgan fingerprint density at radius 1 is 0.302 bits per heavy atom. The molecule has 10 aromatic carbocycles. The smallest absolute Gasteiger partial charge is 0.161 e. The van der Waals surface area contributed by atoms with Crippen molar-refractivity contribution >= 4 is 71.1 Å². The van der Waals surface area contributed by atoms with Crippen molar-refractivity contribution in [1.82, 2.24) is 15.0 Å². The van der Waals surface area contributed by atoms with E-state index in [1.54, 1.807) is 0 Å². The van der Waals surface area contributed by atoms with Crippen molar-refractivity contribution in [1.29, 1.82) is 0 Å². The number of rotatable bonds is 7. The summed E-state index contributed by atoms with van der Waals surface area (Å²) in [6.07, 6.45) is 0. The van der Waals surface area contributed by atoms with E-state index < -0.39 is 0 Å². The van der Waals surface area contributed by atoms with Crippen molar-refractivity contribution in [3.8, 4) is 45.2 Å². The van der Waals surface area contributed by atoms with Gasteiger partial charge in [-0.05, 0) is 80.8 Å². The van der Waals surface area contributed by atoms with E-state index in [0.29, 0.717) is 5.82 Å². The Bertz CT molecular complexity index is 3540. The number of hydrogen-bond acceptors (Lipinski definition) is 4. The quantitative estimate of drug-likeness (QED) is 0.151. The molecule has 4 heteroatoms. The number of hydrogen-bond donors (Lipinski definition) is 0. The maximum atomic E-state index is 5.52. The number of pyridine rings is 1. The van der Waals surface area contributed by atoms with Gasteiger partial charge >= 0.3 is 0 Å². The fourth-order valence-electron chi connectivity index (χ4n) is 9.15. The highest BCUT2D eigenvalue weighted by molar-refractivity contribution is 6.25. The van der Waals surface area contributed by atoms with Crippen molar-refractivity contribution in [2.24, 2.45) is 0 Å². The third-order valence-corrected chi connectivity index (χ3v) is 12.2. The second kappa shape index (κ2) is 15.2. The number of benzene rings is 10. The van der Waals surface area contributed by atoms with Crippen LogP contribution in [0, 0.1) is 0 Å². The van der Waals surface area contributed by atoms with Gasteiger partial charge < -0.3 is 4.90 Å². The minimum absolute atomic E-state index is 0.663. The number of aromatic nitrogens is 3. The monoisotopic (exact) mass is 802 g/mol. The molecular weight excluding hydrogens is 765 g/mol. The van der Waals surface area contributed by atoms with Gasteiger partial charge in [-0.2, -0.15) is 0 Å². The maximum absolute atomic E-state index is 5.52. The molecular formula is C59H38N4. The molecule has 0 atom stereocenters. The van der Waals surface area contributed by atoms with Crippen molar-refractivity contribution in [3.05, 3.63) is 231 Å². The summed E-state index contributed by atoms with van der Waals surface area (Å²) < 4.78 is 0. The third kappa shape index (κ3) is 6.53. The predicted molar refractivity (Wildman–Crippen MR) is 264 cm³/mol. The first kappa shape index (κ1) is 36.4. The molecule has 0 aliphatic carbocycles. The topological polar surface area (TPSA) is 41.9 Å². The van der Waals surface area contributed by atoms with Gasteiger partial charge in [0.25, 0.3) is 0 Å². The maximum Gasteiger partial charge on any atom is 0.161 e. The minimum Gasteiger partial charge on any atom is -0.310 e. The zero-order valence-corrected chi connectivity index (χ0v) is 34.2. The Morgan fingerprint density at radius 3 is 1.44 bits per heavy atom. The van der Waals surface area contributed by atoms with Gasteiger partial charge in [0.05, 0.1) is 22.6 Å². The van der Waals surface area contributed by atoms with E-state index in [4.69, 9.17) is 15.0 Å². The zero-order valence-electron chi connectivity index (χ0n) is 34.2. The summed E-state index contributed by atoms with van der Waals surface area (Å²) >= 11 is 0. The summed E-state index contributed by atoms with van der Waals surface area (Å²) in [5.41, 5.74) is 10.9. The van der Waals surface area contributed by atoms with Crippen LogP contribution in [0.15, 0.2) is 231 Å². The van der Waals surface area contributed by atoms with Gasteiger partial charge in [0.2, 0.25) is 0 Å². The molecule has 0 spiro atoms. The van der Waals surface area contributed by atoms with Gasteiger partial charge in [0, 0.05) is 55.5 Å². The Morgan fingerprint density at radius 2 is 0.825 bits per heavy atom. The lowest BCUT2D eigenvalue weighted by molar-refractivity contribution is 1.19. The molecule has 2 aromatic heterocycles. The van der Waals surface area contributed by atoms with Crippen LogP contribution in [-0.2, 0) is 0 Å². The molecule has 2 heterocycles. The highest BCUT2D eigenvalue weighted by atomic mass is 15.1. The normalized spacial score (nSPS) is 11.5. The van der Waals surface area contributed by atoms with Gasteiger partial charge in [-0.25, -0.2) is 15.0 Å². The van der Waals surface area contributed by atoms with Crippen molar-refractivity contribution in [2.75, 3.05) is 4.90 Å². The first-order valence-electron chi connectivity index (χ1n) is 21.3. The molecule has 12 rings (SSSR count). The second-order valence-electron chi connectivity index (χ2n) is 16.0. The third-order valence-electron chi connectivity index (χ3n) is 12.2. The van der Waals surface area contributed by atoms with Crippen LogP contribution in [0.4, 0.5) is 17.1 Å². The van der Waals surface area contributed by atoms with Crippen LogP contribution in [0.25, 0.3) is 99.2 Å². The molecule has 0 amide bonds. The van der Waals surface area contributed by atoms with Gasteiger partial charge in [0.15, 0.2) is 5.82 Å². The molecule has 0 aliphatic heterocycles. The molecule has 0 fully saturated rings. The van der Waals surface area contributed by atoms with Crippen LogP contribution in [0.2, 0.25) is 0 Å². The van der Waals surface area contributed by atoms with Gasteiger partial charge in [-0.1, -0.05) is 182 Å². The molecule has 0 saturated carbocycles. The molecule has 294 valence electrons. The minimum atomic E-state index is 0.663. The predicted octanol–water partition coefficient (Wildman–Crippen LogP) is 15.8. The number of fused-ring (bicyclic) bond motifs is 7. The van der Waals surface area contributed by atoms with Crippen molar-refractivity contribution in [2.45, 2.75) is 0 Å². The van der Waals surface area contributed by atoms with Gasteiger partial charge in [-0.3, -0.25) is 0 Å². The Hall–Kier alpha value is -8.47. The number of nitrogens with zero attached hydrogens (tertiary/aromatic N) is 4. The molecule has 0 unspecified atom stereocenters. The number of anilines is 3. The molecule has 0 saturated heterocycles. The molecule has 4 nitrogen and oxygen atoms in total. The Labute approximate surface area is 365 Å². The lowest BCUT2D eigenvalue weighted by Crippen LogP contribution is -2.10. The molecule has 0 N–H and O–H groups in total. The average molecular weight is 803 g/mol. The van der Waals surface area contributed by atoms with Crippen LogP contribution in [-0.4, -0.2) is 15.0 Å². The summed E-state index contributed by atoms with van der Waals surface area (Å²) in [6, 6.07) is 81.6. The van der Waals surface area contributed by atoms with Crippen LogP contribution in [0.1, 0.15) is 0 Å². The lowest BCUT2D eigenvalue weighted by Gasteiger charge is -2.26. The van der Waals surface area contributed by atoms with E-state index in [1.165, 1.54) is 26.9 Å². The van der Waals surface area contributed by atoms with Crippen LogP contribution < -0.4 is 4.90 Å². The fourth-order valence-corrected chi connectivity index (χ4v) is 9.15. The van der Waals surface area contributed by atoms with E-state index >= 15 is 0 Å². The van der Waals surface area contributed by atoms with Gasteiger partial charge in [0.1, 0.15) is 0 Å². The first-order valence-corrected chi connectivity index (χ1v) is 21.3. The van der Waals surface area contributed by atoms with Crippen molar-refractivity contribution < 1.29 is 0 Å². The lowest BCUT2D eigenvalue weighted by atomic mass is 9.92. The SMILES string of the molecule is c1ccc(-c2cc(-c3ccccc3)nc(-c3cccc4nc(-c5ccc(N(c6ccc7ccccc7c6)c6ccc7ccccc7c6)cc5)c5ccc6ccccc6c5c34)n2)cc1.